The van der Waals surface area contributed by atoms with E-state index in [4.69, 9.17) is 0 Å². The van der Waals surface area contributed by atoms with Crippen molar-refractivity contribution in [3.63, 3.8) is 0 Å². The van der Waals surface area contributed by atoms with Crippen molar-refractivity contribution in [2.45, 2.75) is 6.42 Å². The predicted octanol–water partition coefficient (Wildman–Crippen LogP) is 3.54. The first-order valence-electron chi connectivity index (χ1n) is 5.83. The van der Waals surface area contributed by atoms with Gasteiger partial charge >= 0.3 is 0 Å². The SMILES string of the molecule is O=C(Cc1cccc(Br)c1)Nc1ccc([N+](=O)[O-])cc1. The summed E-state index contributed by atoms with van der Waals surface area (Å²) in [6.45, 7) is 0. The molecule has 0 saturated heterocycles. The lowest BCUT2D eigenvalue weighted by molar-refractivity contribution is -0.384. The number of nitro groups is 1. The Morgan fingerprint density at radius 3 is 2.50 bits per heavy atom. The van der Waals surface area contributed by atoms with Crippen molar-refractivity contribution >= 4 is 33.2 Å². The maximum atomic E-state index is 11.9. The Labute approximate surface area is 123 Å². The van der Waals surface area contributed by atoms with Gasteiger partial charge in [-0.05, 0) is 29.8 Å². The van der Waals surface area contributed by atoms with E-state index in [1.54, 1.807) is 0 Å². The van der Waals surface area contributed by atoms with Crippen LogP contribution in [0.2, 0.25) is 0 Å². The van der Waals surface area contributed by atoms with Crippen molar-refractivity contribution in [2.24, 2.45) is 0 Å². The van der Waals surface area contributed by atoms with Crippen molar-refractivity contribution in [3.05, 3.63) is 68.7 Å². The van der Waals surface area contributed by atoms with Crippen molar-refractivity contribution in [2.75, 3.05) is 5.32 Å². The van der Waals surface area contributed by atoms with Gasteiger partial charge in [-0.25, -0.2) is 0 Å². The van der Waals surface area contributed by atoms with Gasteiger partial charge in [0.1, 0.15) is 0 Å². The molecule has 102 valence electrons. The number of nitro benzene ring substituents is 1. The topological polar surface area (TPSA) is 72.2 Å². The van der Waals surface area contributed by atoms with Gasteiger partial charge in [0.15, 0.2) is 0 Å². The molecule has 0 aliphatic rings. The molecule has 0 saturated carbocycles. The molecule has 0 aliphatic carbocycles. The first-order chi connectivity index (χ1) is 9.54. The highest BCUT2D eigenvalue weighted by atomic mass is 79.9. The van der Waals surface area contributed by atoms with Gasteiger partial charge in [-0.3, -0.25) is 14.9 Å². The average Bonchev–Trinajstić information content (AvgIpc) is 2.39. The molecule has 0 radical (unpaired) electrons. The number of anilines is 1. The summed E-state index contributed by atoms with van der Waals surface area (Å²) < 4.78 is 0.915. The van der Waals surface area contributed by atoms with E-state index in [0.717, 1.165) is 10.0 Å². The maximum absolute atomic E-state index is 11.9. The monoisotopic (exact) mass is 334 g/mol. The molecular weight excluding hydrogens is 324 g/mol. The molecule has 2 aromatic rings. The number of carbonyl (C=O) groups excluding carboxylic acids is 1. The Hall–Kier alpha value is -2.21. The second-order valence-corrected chi connectivity index (χ2v) is 5.07. The third-order valence-electron chi connectivity index (χ3n) is 2.62. The van der Waals surface area contributed by atoms with Crippen LogP contribution in [0.1, 0.15) is 5.56 Å². The zero-order valence-electron chi connectivity index (χ0n) is 10.4. The standard InChI is InChI=1S/C14H11BrN2O3/c15-11-3-1-2-10(8-11)9-14(18)16-12-4-6-13(7-5-12)17(19)20/h1-8H,9H2,(H,16,18). The van der Waals surface area contributed by atoms with Gasteiger partial charge in [0.05, 0.1) is 11.3 Å². The first-order valence-corrected chi connectivity index (χ1v) is 6.62. The van der Waals surface area contributed by atoms with Crippen LogP contribution >= 0.6 is 15.9 Å². The highest BCUT2D eigenvalue weighted by Gasteiger charge is 2.07. The first kappa shape index (κ1) is 14.2. The lowest BCUT2D eigenvalue weighted by Crippen LogP contribution is -2.14. The van der Waals surface area contributed by atoms with E-state index < -0.39 is 4.92 Å². The number of carbonyl (C=O) groups is 1. The van der Waals surface area contributed by atoms with Gasteiger partial charge in [-0.1, -0.05) is 28.1 Å². The zero-order valence-corrected chi connectivity index (χ0v) is 12.0. The molecule has 0 unspecified atom stereocenters. The number of nitrogens with one attached hydrogen (secondary N) is 1. The van der Waals surface area contributed by atoms with E-state index >= 15 is 0 Å². The quantitative estimate of drug-likeness (QED) is 0.686. The van der Waals surface area contributed by atoms with E-state index in [1.807, 2.05) is 24.3 Å². The third kappa shape index (κ3) is 3.89. The molecular formula is C14H11BrN2O3. The summed E-state index contributed by atoms with van der Waals surface area (Å²) in [6.07, 6.45) is 0.246. The van der Waals surface area contributed by atoms with Crippen molar-refractivity contribution < 1.29 is 9.72 Å². The Kier molecular flexibility index (Phi) is 4.47. The smallest absolute Gasteiger partial charge is 0.269 e. The molecule has 0 bridgehead atoms. The lowest BCUT2D eigenvalue weighted by atomic mass is 10.1. The van der Waals surface area contributed by atoms with Crippen LogP contribution in [0.4, 0.5) is 11.4 Å². The number of halogens is 1. The summed E-state index contributed by atoms with van der Waals surface area (Å²) >= 11 is 3.34. The van der Waals surface area contributed by atoms with Crippen LogP contribution < -0.4 is 5.32 Å². The number of non-ortho nitro benzene ring substituents is 1. The highest BCUT2D eigenvalue weighted by Crippen LogP contribution is 2.16. The van der Waals surface area contributed by atoms with Crippen molar-refractivity contribution in [1.29, 1.82) is 0 Å². The molecule has 1 N–H and O–H groups in total. The molecule has 0 fully saturated rings. The number of rotatable bonds is 4. The van der Waals surface area contributed by atoms with E-state index in [-0.39, 0.29) is 18.0 Å². The normalized spacial score (nSPS) is 10.1. The van der Waals surface area contributed by atoms with Crippen LogP contribution in [-0.4, -0.2) is 10.8 Å². The van der Waals surface area contributed by atoms with Crippen LogP contribution in [0, 0.1) is 10.1 Å². The Balaban J connectivity index is 1.99. The molecule has 0 spiro atoms. The number of amides is 1. The summed E-state index contributed by atoms with van der Waals surface area (Å²) in [4.78, 5) is 21.9. The fourth-order valence-electron chi connectivity index (χ4n) is 1.70. The summed E-state index contributed by atoms with van der Waals surface area (Å²) in [5, 5.41) is 13.2. The maximum Gasteiger partial charge on any atom is 0.269 e. The molecule has 2 rings (SSSR count). The number of nitrogens with zero attached hydrogens (tertiary/aromatic N) is 1. The molecule has 0 atom stereocenters. The van der Waals surface area contributed by atoms with Gasteiger partial charge in [-0.2, -0.15) is 0 Å². The fourth-order valence-corrected chi connectivity index (χ4v) is 2.15. The summed E-state index contributed by atoms with van der Waals surface area (Å²) in [7, 11) is 0. The van der Waals surface area contributed by atoms with Gasteiger partial charge < -0.3 is 5.32 Å². The average molecular weight is 335 g/mol. The van der Waals surface area contributed by atoms with Crippen LogP contribution in [-0.2, 0) is 11.2 Å². The molecule has 1 amide bonds. The second kappa shape index (κ2) is 6.29. The largest absolute Gasteiger partial charge is 0.326 e. The molecule has 5 nitrogen and oxygen atoms in total. The molecule has 6 heteroatoms. The van der Waals surface area contributed by atoms with E-state index in [9.17, 15) is 14.9 Å². The van der Waals surface area contributed by atoms with E-state index in [2.05, 4.69) is 21.2 Å². The highest BCUT2D eigenvalue weighted by molar-refractivity contribution is 9.10. The van der Waals surface area contributed by atoms with Crippen molar-refractivity contribution in [1.82, 2.24) is 0 Å². The van der Waals surface area contributed by atoms with E-state index in [0.29, 0.717) is 5.69 Å². The summed E-state index contributed by atoms with van der Waals surface area (Å²) in [5.74, 6) is -0.169. The molecule has 2 aromatic carbocycles. The summed E-state index contributed by atoms with van der Waals surface area (Å²) in [5.41, 5.74) is 1.42. The Morgan fingerprint density at radius 2 is 1.90 bits per heavy atom. The van der Waals surface area contributed by atoms with Gasteiger partial charge in [0.2, 0.25) is 5.91 Å². The minimum atomic E-state index is -0.479. The van der Waals surface area contributed by atoms with Gasteiger partial charge in [0.25, 0.3) is 5.69 Å². The van der Waals surface area contributed by atoms with Crippen LogP contribution in [0.15, 0.2) is 53.0 Å². The number of hydrogen-bond acceptors (Lipinski definition) is 3. The Morgan fingerprint density at radius 1 is 1.20 bits per heavy atom. The third-order valence-corrected chi connectivity index (χ3v) is 3.11. The second-order valence-electron chi connectivity index (χ2n) is 4.16. The molecule has 0 aliphatic heterocycles. The molecule has 20 heavy (non-hydrogen) atoms. The van der Waals surface area contributed by atoms with Gasteiger partial charge in [-0.15, -0.1) is 0 Å². The van der Waals surface area contributed by atoms with Crippen LogP contribution in [0.3, 0.4) is 0 Å². The van der Waals surface area contributed by atoms with Crippen molar-refractivity contribution in [3.8, 4) is 0 Å². The minimum absolute atomic E-state index is 0.00464. The minimum Gasteiger partial charge on any atom is -0.326 e. The lowest BCUT2D eigenvalue weighted by Gasteiger charge is -2.05. The zero-order chi connectivity index (χ0) is 14.5. The fraction of sp³-hybridized carbons (Fsp3) is 0.0714. The van der Waals surface area contributed by atoms with Crippen LogP contribution in [0.25, 0.3) is 0 Å². The molecule has 0 heterocycles. The van der Waals surface area contributed by atoms with Crippen LogP contribution in [0.5, 0.6) is 0 Å². The van der Waals surface area contributed by atoms with E-state index in [1.165, 1.54) is 24.3 Å². The van der Waals surface area contributed by atoms with Gasteiger partial charge in [0, 0.05) is 22.3 Å². The Bertz CT molecular complexity index is 641. The summed E-state index contributed by atoms with van der Waals surface area (Å²) in [6, 6.07) is 13.2. The number of benzene rings is 2. The predicted molar refractivity (Wildman–Crippen MR) is 79.6 cm³/mol. The number of hydrogen-bond donors (Lipinski definition) is 1. The molecule has 0 aromatic heterocycles.